The van der Waals surface area contributed by atoms with Gasteiger partial charge in [0.05, 0.1) is 56.7 Å². The normalized spacial score (nSPS) is 11.5. The second kappa shape index (κ2) is 32.3. The van der Waals surface area contributed by atoms with E-state index in [1.807, 2.05) is 20.8 Å². The maximum absolute atomic E-state index is 12.9. The Labute approximate surface area is 367 Å². The summed E-state index contributed by atoms with van der Waals surface area (Å²) in [6, 6.07) is 6.12. The van der Waals surface area contributed by atoms with Gasteiger partial charge in [-0.3, -0.25) is 14.4 Å². The molecule has 62 heavy (non-hydrogen) atoms. The highest BCUT2D eigenvalue weighted by Gasteiger charge is 2.17. The van der Waals surface area contributed by atoms with Crippen molar-refractivity contribution in [3.63, 3.8) is 0 Å². The van der Waals surface area contributed by atoms with Crippen molar-refractivity contribution >= 4 is 39.7 Å². The lowest BCUT2D eigenvalue weighted by Crippen LogP contribution is -2.31. The Morgan fingerprint density at radius 3 is 1.68 bits per heavy atom. The van der Waals surface area contributed by atoms with E-state index in [4.69, 9.17) is 33.5 Å². The Hall–Kier alpha value is -4.43. The molecule has 0 saturated carbocycles. The van der Waals surface area contributed by atoms with Crippen molar-refractivity contribution in [3.05, 3.63) is 42.2 Å². The maximum Gasteiger partial charge on any atom is 0.329 e. The topological polar surface area (TPSA) is 240 Å². The van der Waals surface area contributed by atoms with Gasteiger partial charge in [-0.05, 0) is 57.9 Å². The van der Waals surface area contributed by atoms with Gasteiger partial charge in [-0.15, -0.1) is 0 Å². The molecule has 0 aliphatic rings. The van der Waals surface area contributed by atoms with Crippen LogP contribution in [0.2, 0.25) is 0 Å². The number of hydrogen-bond acceptors (Lipinski definition) is 14. The number of carbonyl (C=O) groups excluding carboxylic acids is 3. The van der Waals surface area contributed by atoms with Gasteiger partial charge in [0.25, 0.3) is 15.9 Å². The van der Waals surface area contributed by atoms with Crippen molar-refractivity contribution < 1.29 is 61.1 Å². The summed E-state index contributed by atoms with van der Waals surface area (Å²) in [6.07, 6.45) is 18.0. The predicted octanol–water partition coefficient (Wildman–Crippen LogP) is 5.46. The third-order valence-corrected chi connectivity index (χ3v) is 10.1. The summed E-state index contributed by atoms with van der Waals surface area (Å²) < 4.78 is 60.0. The van der Waals surface area contributed by atoms with Gasteiger partial charge >= 0.3 is 11.9 Å². The maximum atomic E-state index is 12.9. The summed E-state index contributed by atoms with van der Waals surface area (Å²) in [5.74, 6) is -1.56. The number of anilines is 1. The van der Waals surface area contributed by atoms with E-state index in [-0.39, 0.29) is 94.2 Å². The van der Waals surface area contributed by atoms with Gasteiger partial charge in [0.1, 0.15) is 24.6 Å². The van der Waals surface area contributed by atoms with Crippen molar-refractivity contribution in [1.29, 1.82) is 0 Å². The SMILES string of the molecule is CC(C)(C)OC(=O)CCCCCCCCCCCCCCCOc1ccc(S(=O)(=O)Nc2ncc(C(=O)NCCOCCOCC(=O)NCCOCCOCC(=O)O)cn2)cc1. The molecule has 0 bridgehead atoms. The number of sulfonamides is 1. The minimum atomic E-state index is -3.98. The highest BCUT2D eigenvalue weighted by Crippen LogP contribution is 2.19. The van der Waals surface area contributed by atoms with E-state index in [0.717, 1.165) is 32.1 Å². The van der Waals surface area contributed by atoms with Gasteiger partial charge in [-0.1, -0.05) is 70.6 Å². The molecule has 1 aromatic carbocycles. The highest BCUT2D eigenvalue weighted by atomic mass is 32.2. The van der Waals surface area contributed by atoms with E-state index in [1.165, 1.54) is 75.9 Å². The number of carbonyl (C=O) groups is 4. The molecule has 0 unspecified atom stereocenters. The predicted molar refractivity (Wildman–Crippen MR) is 232 cm³/mol. The molecule has 4 N–H and O–H groups in total. The van der Waals surface area contributed by atoms with Crippen LogP contribution < -0.4 is 20.1 Å². The molecule has 2 rings (SSSR count). The Bertz CT molecular complexity index is 1660. The first-order chi connectivity index (χ1) is 29.7. The van der Waals surface area contributed by atoms with Crippen LogP contribution in [0.15, 0.2) is 41.6 Å². The van der Waals surface area contributed by atoms with Gasteiger partial charge < -0.3 is 44.2 Å². The standard InChI is InChI=1S/C43H69N5O13S/c1-43(2,3)61-40(52)17-15-13-11-9-7-5-4-6-8-10-12-14-16-24-60-36-18-20-37(21-19-36)62(54,55)48-42-46-31-35(32-47-42)41(53)45-23-26-57-27-29-58-33-38(49)44-22-25-56-28-30-59-34-39(50)51/h18-21,31-32H,4-17,22-30,33-34H2,1-3H3,(H,44,49)(H,45,53)(H,50,51)(H,46,47,48). The molecule has 0 aliphatic heterocycles. The average Bonchev–Trinajstić information content (AvgIpc) is 3.22. The summed E-state index contributed by atoms with van der Waals surface area (Å²) in [5, 5.41) is 13.7. The van der Waals surface area contributed by atoms with Crippen molar-refractivity contribution in [2.75, 3.05) is 77.3 Å². The lowest BCUT2D eigenvalue weighted by atomic mass is 10.0. The largest absolute Gasteiger partial charge is 0.494 e. The monoisotopic (exact) mass is 895 g/mol. The smallest absolute Gasteiger partial charge is 0.329 e. The fourth-order valence-corrected chi connectivity index (χ4v) is 6.67. The van der Waals surface area contributed by atoms with E-state index in [0.29, 0.717) is 18.8 Å². The molecule has 0 saturated heterocycles. The zero-order valence-electron chi connectivity index (χ0n) is 36.8. The molecule has 350 valence electrons. The Morgan fingerprint density at radius 1 is 0.629 bits per heavy atom. The molecule has 1 heterocycles. The zero-order valence-corrected chi connectivity index (χ0v) is 37.6. The summed E-state index contributed by atoms with van der Waals surface area (Å²) in [4.78, 5) is 54.3. The van der Waals surface area contributed by atoms with Gasteiger partial charge in [0, 0.05) is 31.9 Å². The molecular formula is C43H69N5O13S. The third-order valence-electron chi connectivity index (χ3n) is 8.79. The second-order valence-electron chi connectivity index (χ2n) is 15.5. The number of rotatable bonds is 37. The van der Waals surface area contributed by atoms with E-state index in [2.05, 4.69) is 25.3 Å². The number of nitrogens with zero attached hydrogens (tertiary/aromatic N) is 2. The fraction of sp³-hybridized carbons (Fsp3) is 0.674. The average molecular weight is 896 g/mol. The second-order valence-corrected chi connectivity index (χ2v) is 17.2. The molecule has 1 aromatic heterocycles. The van der Waals surface area contributed by atoms with Gasteiger partial charge in [-0.25, -0.2) is 27.9 Å². The molecular weight excluding hydrogens is 827 g/mol. The molecule has 0 atom stereocenters. The van der Waals surface area contributed by atoms with E-state index in [1.54, 1.807) is 12.1 Å². The van der Waals surface area contributed by atoms with Crippen LogP contribution in [0, 0.1) is 0 Å². The van der Waals surface area contributed by atoms with Crippen molar-refractivity contribution in [1.82, 2.24) is 20.6 Å². The van der Waals surface area contributed by atoms with Crippen molar-refractivity contribution in [3.8, 4) is 5.75 Å². The lowest BCUT2D eigenvalue weighted by molar-refractivity contribution is -0.155. The van der Waals surface area contributed by atoms with Crippen LogP contribution >= 0.6 is 0 Å². The van der Waals surface area contributed by atoms with Gasteiger partial charge in [0.2, 0.25) is 11.9 Å². The highest BCUT2D eigenvalue weighted by molar-refractivity contribution is 7.92. The molecule has 2 aromatic rings. The molecule has 0 spiro atoms. The molecule has 0 radical (unpaired) electrons. The molecule has 2 amide bonds. The van der Waals surface area contributed by atoms with Crippen LogP contribution in [0.25, 0.3) is 0 Å². The van der Waals surface area contributed by atoms with Crippen LogP contribution in [0.5, 0.6) is 5.75 Å². The number of hydrogen-bond donors (Lipinski definition) is 4. The number of aliphatic carboxylic acids is 1. The molecule has 0 fully saturated rings. The summed E-state index contributed by atoms with van der Waals surface area (Å²) >= 11 is 0. The minimum Gasteiger partial charge on any atom is -0.494 e. The lowest BCUT2D eigenvalue weighted by Gasteiger charge is -2.19. The van der Waals surface area contributed by atoms with Gasteiger partial charge in [0.15, 0.2) is 0 Å². The molecule has 19 heteroatoms. The number of nitrogens with one attached hydrogen (secondary N) is 3. The quantitative estimate of drug-likeness (QED) is 0.0487. The van der Waals surface area contributed by atoms with Crippen LogP contribution in [-0.4, -0.2) is 125 Å². The fourth-order valence-electron chi connectivity index (χ4n) is 5.71. The number of amides is 2. The summed E-state index contributed by atoms with van der Waals surface area (Å²) in [5.41, 5.74) is -0.276. The van der Waals surface area contributed by atoms with E-state index in [9.17, 15) is 27.6 Å². The first-order valence-corrected chi connectivity index (χ1v) is 23.1. The first-order valence-electron chi connectivity index (χ1n) is 21.6. The van der Waals surface area contributed by atoms with Crippen LogP contribution in [0.1, 0.15) is 121 Å². The first kappa shape index (κ1) is 53.7. The number of carboxylic acid groups (broad SMARTS) is 1. The zero-order chi connectivity index (χ0) is 45.3. The number of unbranched alkanes of at least 4 members (excludes halogenated alkanes) is 12. The van der Waals surface area contributed by atoms with Crippen molar-refractivity contribution in [2.45, 2.75) is 121 Å². The summed E-state index contributed by atoms with van der Waals surface area (Å²) in [6.45, 7) is 7.27. The van der Waals surface area contributed by atoms with E-state index >= 15 is 0 Å². The Kier molecular flexibility index (Phi) is 28.0. The number of ether oxygens (including phenoxy) is 6. The Morgan fingerprint density at radius 2 is 1.13 bits per heavy atom. The number of aromatic nitrogens is 2. The minimum absolute atomic E-state index is 0.0142. The van der Waals surface area contributed by atoms with Crippen LogP contribution in [0.4, 0.5) is 5.95 Å². The third kappa shape index (κ3) is 28.2. The van der Waals surface area contributed by atoms with Crippen LogP contribution in [0.3, 0.4) is 0 Å². The molecule has 18 nitrogen and oxygen atoms in total. The van der Waals surface area contributed by atoms with E-state index < -0.39 is 27.5 Å². The number of esters is 1. The molecule has 0 aliphatic carbocycles. The summed E-state index contributed by atoms with van der Waals surface area (Å²) in [7, 11) is -3.98. The van der Waals surface area contributed by atoms with Crippen LogP contribution in [-0.2, 0) is 48.1 Å². The van der Waals surface area contributed by atoms with Gasteiger partial charge in [-0.2, -0.15) is 0 Å². The Balaban J connectivity index is 1.47. The number of carboxylic acids is 1. The number of benzene rings is 1. The van der Waals surface area contributed by atoms with Crippen molar-refractivity contribution in [2.24, 2.45) is 0 Å².